The second kappa shape index (κ2) is 7.17. The molecule has 0 atom stereocenters. The highest BCUT2D eigenvalue weighted by Crippen LogP contribution is 2.29. The number of amides is 1. The normalized spacial score (nSPS) is 10.6. The first-order valence-electron chi connectivity index (χ1n) is 7.99. The molecular formula is C19H18N2O4. The Bertz CT molecular complexity index is 964. The molecule has 6 nitrogen and oxygen atoms in total. The smallest absolute Gasteiger partial charge is 0.349 e. The molecule has 6 heteroatoms. The standard InChI is InChI=1S/C19H18N2O4/c1-3-4-14-16(24-2)6-5-12-11-15(19(23)25-17(12)14)18(22)21-13-7-9-20-10-8-13/h5-11H,3-4H2,1-2H3,(H,20,21,22). The second-order valence-electron chi connectivity index (χ2n) is 5.55. The summed E-state index contributed by atoms with van der Waals surface area (Å²) in [4.78, 5) is 28.6. The van der Waals surface area contributed by atoms with E-state index in [9.17, 15) is 9.59 Å². The van der Waals surface area contributed by atoms with Gasteiger partial charge in [-0.05, 0) is 36.8 Å². The molecule has 0 unspecified atom stereocenters. The highest BCUT2D eigenvalue weighted by atomic mass is 16.5. The van der Waals surface area contributed by atoms with Crippen molar-refractivity contribution in [2.45, 2.75) is 19.8 Å². The van der Waals surface area contributed by atoms with Gasteiger partial charge in [-0.1, -0.05) is 13.3 Å². The number of hydrogen-bond acceptors (Lipinski definition) is 5. The number of carbonyl (C=O) groups excluding carboxylic acids is 1. The molecule has 0 saturated carbocycles. The number of nitrogens with one attached hydrogen (secondary N) is 1. The van der Waals surface area contributed by atoms with Gasteiger partial charge in [-0.25, -0.2) is 4.79 Å². The summed E-state index contributed by atoms with van der Waals surface area (Å²) in [7, 11) is 1.58. The Labute approximate surface area is 144 Å². The summed E-state index contributed by atoms with van der Waals surface area (Å²) in [6, 6.07) is 8.43. The summed E-state index contributed by atoms with van der Waals surface area (Å²) < 4.78 is 10.8. The number of aryl methyl sites for hydroxylation is 1. The van der Waals surface area contributed by atoms with Gasteiger partial charge in [0.05, 0.1) is 7.11 Å². The minimum atomic E-state index is -0.676. The number of benzene rings is 1. The number of ether oxygens (including phenoxy) is 1. The molecule has 0 bridgehead atoms. The van der Waals surface area contributed by atoms with Gasteiger partial charge in [-0.15, -0.1) is 0 Å². The lowest BCUT2D eigenvalue weighted by atomic mass is 10.0. The first-order valence-corrected chi connectivity index (χ1v) is 7.99. The Morgan fingerprint density at radius 2 is 2.00 bits per heavy atom. The van der Waals surface area contributed by atoms with E-state index < -0.39 is 11.5 Å². The Kier molecular flexibility index (Phi) is 4.79. The van der Waals surface area contributed by atoms with E-state index in [1.54, 1.807) is 43.8 Å². The van der Waals surface area contributed by atoms with Gasteiger partial charge in [0.1, 0.15) is 16.9 Å². The van der Waals surface area contributed by atoms with Crippen LogP contribution in [-0.2, 0) is 6.42 Å². The molecule has 1 N–H and O–H groups in total. The van der Waals surface area contributed by atoms with E-state index in [0.717, 1.165) is 12.0 Å². The van der Waals surface area contributed by atoms with Gasteiger partial charge < -0.3 is 14.5 Å². The highest BCUT2D eigenvalue weighted by Gasteiger charge is 2.17. The van der Waals surface area contributed by atoms with Crippen LogP contribution < -0.4 is 15.7 Å². The fourth-order valence-corrected chi connectivity index (χ4v) is 2.69. The SMILES string of the molecule is CCCc1c(OC)ccc2cc(C(=O)Nc3ccncc3)c(=O)oc12. The second-order valence-corrected chi connectivity index (χ2v) is 5.55. The molecule has 0 aliphatic heterocycles. The van der Waals surface area contributed by atoms with Crippen LogP contribution in [0.2, 0.25) is 0 Å². The molecule has 3 rings (SSSR count). The zero-order chi connectivity index (χ0) is 17.8. The molecule has 0 aliphatic rings. The maximum atomic E-state index is 12.4. The lowest BCUT2D eigenvalue weighted by molar-refractivity contribution is 0.102. The van der Waals surface area contributed by atoms with Gasteiger partial charge >= 0.3 is 5.63 Å². The quantitative estimate of drug-likeness (QED) is 0.721. The number of aromatic nitrogens is 1. The van der Waals surface area contributed by atoms with Crippen molar-refractivity contribution in [3.63, 3.8) is 0 Å². The van der Waals surface area contributed by atoms with E-state index in [0.29, 0.717) is 28.8 Å². The third kappa shape index (κ3) is 3.38. The zero-order valence-electron chi connectivity index (χ0n) is 14.0. The topological polar surface area (TPSA) is 81.4 Å². The van der Waals surface area contributed by atoms with E-state index >= 15 is 0 Å². The highest BCUT2D eigenvalue weighted by molar-refractivity contribution is 6.05. The van der Waals surface area contributed by atoms with Gasteiger partial charge in [-0.2, -0.15) is 0 Å². The van der Waals surface area contributed by atoms with Crippen molar-refractivity contribution in [3.05, 3.63) is 64.3 Å². The van der Waals surface area contributed by atoms with Crippen molar-refractivity contribution in [2.24, 2.45) is 0 Å². The van der Waals surface area contributed by atoms with Crippen LogP contribution in [0.15, 0.2) is 51.9 Å². The molecule has 2 aromatic heterocycles. The number of methoxy groups -OCH3 is 1. The van der Waals surface area contributed by atoms with Crippen LogP contribution in [0.3, 0.4) is 0 Å². The lowest BCUT2D eigenvalue weighted by Gasteiger charge is -2.11. The molecule has 1 amide bonds. The van der Waals surface area contributed by atoms with Crippen molar-refractivity contribution in [1.29, 1.82) is 0 Å². The van der Waals surface area contributed by atoms with E-state index in [1.807, 2.05) is 13.0 Å². The van der Waals surface area contributed by atoms with E-state index in [4.69, 9.17) is 9.15 Å². The number of rotatable bonds is 5. The first-order chi connectivity index (χ1) is 12.1. The average Bonchev–Trinajstić information content (AvgIpc) is 2.62. The molecule has 0 spiro atoms. The van der Waals surface area contributed by atoms with Gasteiger partial charge in [0.25, 0.3) is 5.91 Å². The molecular weight excluding hydrogens is 320 g/mol. The fraction of sp³-hybridized carbons (Fsp3) is 0.211. The third-order valence-electron chi connectivity index (χ3n) is 3.87. The minimum absolute atomic E-state index is 0.0445. The van der Waals surface area contributed by atoms with Crippen LogP contribution in [0, 0.1) is 0 Å². The number of anilines is 1. The molecule has 3 aromatic rings. The van der Waals surface area contributed by atoms with Crippen molar-refractivity contribution < 1.29 is 13.9 Å². The Balaban J connectivity index is 2.05. The largest absolute Gasteiger partial charge is 0.496 e. The molecule has 0 radical (unpaired) electrons. The summed E-state index contributed by atoms with van der Waals surface area (Å²) in [5.74, 6) is 0.154. The summed E-state index contributed by atoms with van der Waals surface area (Å²) in [5, 5.41) is 3.35. The zero-order valence-corrected chi connectivity index (χ0v) is 14.0. The van der Waals surface area contributed by atoms with Crippen LogP contribution in [-0.4, -0.2) is 18.0 Å². The molecule has 1 aromatic carbocycles. The van der Waals surface area contributed by atoms with E-state index in [1.165, 1.54) is 0 Å². The molecule has 128 valence electrons. The third-order valence-corrected chi connectivity index (χ3v) is 3.87. The first kappa shape index (κ1) is 16.7. The van der Waals surface area contributed by atoms with Gasteiger partial charge in [-0.3, -0.25) is 9.78 Å². The van der Waals surface area contributed by atoms with Crippen molar-refractivity contribution >= 4 is 22.6 Å². The van der Waals surface area contributed by atoms with E-state index in [2.05, 4.69) is 10.3 Å². The Morgan fingerprint density at radius 1 is 1.24 bits per heavy atom. The number of carbonyl (C=O) groups is 1. The maximum Gasteiger partial charge on any atom is 0.349 e. The number of pyridine rings is 1. The van der Waals surface area contributed by atoms with Crippen LogP contribution >= 0.6 is 0 Å². The van der Waals surface area contributed by atoms with Gasteiger partial charge in [0, 0.05) is 29.0 Å². The number of hydrogen-bond donors (Lipinski definition) is 1. The predicted octanol–water partition coefficient (Wildman–Crippen LogP) is 3.40. The monoisotopic (exact) mass is 338 g/mol. The van der Waals surface area contributed by atoms with Crippen LogP contribution in [0.4, 0.5) is 5.69 Å². The maximum absolute atomic E-state index is 12.4. The van der Waals surface area contributed by atoms with Gasteiger partial charge in [0.15, 0.2) is 0 Å². The fourth-order valence-electron chi connectivity index (χ4n) is 2.69. The van der Waals surface area contributed by atoms with E-state index in [-0.39, 0.29) is 5.56 Å². The van der Waals surface area contributed by atoms with Crippen molar-refractivity contribution in [2.75, 3.05) is 12.4 Å². The summed E-state index contributed by atoms with van der Waals surface area (Å²) in [5.41, 5.74) is 1.13. The summed E-state index contributed by atoms with van der Waals surface area (Å²) in [6.45, 7) is 2.03. The minimum Gasteiger partial charge on any atom is -0.496 e. The molecule has 0 aliphatic carbocycles. The molecule has 25 heavy (non-hydrogen) atoms. The lowest BCUT2D eigenvalue weighted by Crippen LogP contribution is -2.20. The molecule has 0 fully saturated rings. The predicted molar refractivity (Wildman–Crippen MR) is 95.2 cm³/mol. The number of fused-ring (bicyclic) bond motifs is 1. The van der Waals surface area contributed by atoms with Crippen LogP contribution in [0.25, 0.3) is 11.0 Å². The average molecular weight is 338 g/mol. The summed E-state index contributed by atoms with van der Waals surface area (Å²) >= 11 is 0. The Hall–Kier alpha value is -3.15. The molecule has 0 saturated heterocycles. The Morgan fingerprint density at radius 3 is 2.68 bits per heavy atom. The summed E-state index contributed by atoms with van der Waals surface area (Å²) in [6.07, 6.45) is 4.71. The number of nitrogens with zero attached hydrogens (tertiary/aromatic N) is 1. The molecule has 2 heterocycles. The van der Waals surface area contributed by atoms with Gasteiger partial charge in [0.2, 0.25) is 0 Å². The van der Waals surface area contributed by atoms with Crippen molar-refractivity contribution in [1.82, 2.24) is 4.98 Å². The van der Waals surface area contributed by atoms with Crippen LogP contribution in [0.5, 0.6) is 5.75 Å². The van der Waals surface area contributed by atoms with Crippen LogP contribution in [0.1, 0.15) is 29.3 Å². The van der Waals surface area contributed by atoms with Crippen molar-refractivity contribution in [3.8, 4) is 5.75 Å².